The van der Waals surface area contributed by atoms with Crippen LogP contribution in [-0.4, -0.2) is 31.4 Å². The summed E-state index contributed by atoms with van der Waals surface area (Å²) < 4.78 is 9.82. The van der Waals surface area contributed by atoms with Crippen molar-refractivity contribution < 1.29 is 23.9 Å². The van der Waals surface area contributed by atoms with Crippen molar-refractivity contribution in [3.8, 4) is 11.8 Å². The number of Topliss-reactive ketones (excluding diaryl/α,β-unsaturated/α-hetero) is 1. The Balaban J connectivity index is 2.10. The quantitative estimate of drug-likeness (QED) is 0.459. The fourth-order valence-electron chi connectivity index (χ4n) is 2.30. The number of carbonyl (C=O) groups is 3. The number of rotatable bonds is 7. The molecule has 0 aromatic heterocycles. The highest BCUT2D eigenvalue weighted by Crippen LogP contribution is 2.17. The van der Waals surface area contributed by atoms with Gasteiger partial charge >= 0.3 is 5.97 Å². The summed E-state index contributed by atoms with van der Waals surface area (Å²) in [4.78, 5) is 36.2. The molecule has 1 atom stereocenters. The molecule has 0 saturated heterocycles. The van der Waals surface area contributed by atoms with Gasteiger partial charge in [-0.05, 0) is 49.4 Å². The standard InChI is InChI=1S/C20H18N2O5/c1-3-27-20(25)17(12-21)18(23)13-7-9-15(10-8-13)22-19(24)14-5-4-6-16(11-14)26-2/h4-11,17H,3H2,1-2H3,(H,22,24)/t17-/m0/s1. The average Bonchev–Trinajstić information content (AvgIpc) is 2.69. The predicted molar refractivity (Wildman–Crippen MR) is 97.5 cm³/mol. The van der Waals surface area contributed by atoms with Crippen molar-refractivity contribution >= 4 is 23.3 Å². The SMILES string of the molecule is CCOC(=O)[C@@H](C#N)C(=O)c1ccc(NC(=O)c2cccc(OC)c2)cc1. The molecule has 2 aromatic carbocycles. The second-order valence-corrected chi connectivity index (χ2v) is 5.44. The maximum atomic E-state index is 12.3. The zero-order valence-electron chi connectivity index (χ0n) is 14.9. The molecule has 0 heterocycles. The van der Waals surface area contributed by atoms with E-state index >= 15 is 0 Å². The fourth-order valence-corrected chi connectivity index (χ4v) is 2.30. The molecule has 2 aromatic rings. The topological polar surface area (TPSA) is 105 Å². The summed E-state index contributed by atoms with van der Waals surface area (Å²) in [5, 5.41) is 11.8. The average molecular weight is 366 g/mol. The van der Waals surface area contributed by atoms with Crippen LogP contribution in [0.5, 0.6) is 5.75 Å². The number of nitrogens with zero attached hydrogens (tertiary/aromatic N) is 1. The molecule has 7 nitrogen and oxygen atoms in total. The Morgan fingerprint density at radius 2 is 1.81 bits per heavy atom. The van der Waals surface area contributed by atoms with E-state index in [1.54, 1.807) is 37.3 Å². The number of benzene rings is 2. The minimum absolute atomic E-state index is 0.0829. The molecule has 2 rings (SSSR count). The van der Waals surface area contributed by atoms with Gasteiger partial charge in [0.05, 0.1) is 19.8 Å². The first kappa shape index (κ1) is 19.7. The van der Waals surface area contributed by atoms with Crippen LogP contribution in [0.1, 0.15) is 27.6 Å². The van der Waals surface area contributed by atoms with E-state index in [1.165, 1.54) is 31.4 Å². The third-order valence-electron chi connectivity index (χ3n) is 3.67. The van der Waals surface area contributed by atoms with Gasteiger partial charge < -0.3 is 14.8 Å². The van der Waals surface area contributed by atoms with Crippen molar-refractivity contribution in [2.75, 3.05) is 19.0 Å². The Morgan fingerprint density at radius 3 is 2.41 bits per heavy atom. The van der Waals surface area contributed by atoms with E-state index in [4.69, 9.17) is 14.7 Å². The van der Waals surface area contributed by atoms with E-state index in [9.17, 15) is 14.4 Å². The Bertz CT molecular complexity index is 884. The monoisotopic (exact) mass is 366 g/mol. The third kappa shape index (κ3) is 4.92. The minimum Gasteiger partial charge on any atom is -0.497 e. The van der Waals surface area contributed by atoms with E-state index in [1.807, 2.05) is 0 Å². The van der Waals surface area contributed by atoms with Crippen LogP contribution >= 0.6 is 0 Å². The number of ketones is 1. The van der Waals surface area contributed by atoms with Gasteiger partial charge in [-0.2, -0.15) is 5.26 Å². The molecule has 0 aliphatic heterocycles. The lowest BCUT2D eigenvalue weighted by molar-refractivity contribution is -0.144. The molecule has 0 saturated carbocycles. The lowest BCUT2D eigenvalue weighted by Crippen LogP contribution is -2.25. The van der Waals surface area contributed by atoms with Crippen molar-refractivity contribution in [1.82, 2.24) is 0 Å². The molecule has 0 aliphatic rings. The van der Waals surface area contributed by atoms with Crippen LogP contribution in [0.15, 0.2) is 48.5 Å². The third-order valence-corrected chi connectivity index (χ3v) is 3.67. The first-order chi connectivity index (χ1) is 13.0. The predicted octanol–water partition coefficient (Wildman–Crippen LogP) is 2.83. The largest absolute Gasteiger partial charge is 0.497 e. The Hall–Kier alpha value is -3.66. The number of hydrogen-bond donors (Lipinski definition) is 1. The first-order valence-corrected chi connectivity index (χ1v) is 8.16. The molecule has 0 spiro atoms. The second-order valence-electron chi connectivity index (χ2n) is 5.44. The molecular weight excluding hydrogens is 348 g/mol. The van der Waals surface area contributed by atoms with Crippen molar-refractivity contribution in [3.05, 3.63) is 59.7 Å². The summed E-state index contributed by atoms with van der Waals surface area (Å²) in [7, 11) is 1.51. The summed E-state index contributed by atoms with van der Waals surface area (Å²) in [5.74, 6) is -2.82. The van der Waals surface area contributed by atoms with Gasteiger partial charge in [0, 0.05) is 16.8 Å². The van der Waals surface area contributed by atoms with E-state index in [0.29, 0.717) is 17.0 Å². The molecular formula is C20H18N2O5. The van der Waals surface area contributed by atoms with Crippen molar-refractivity contribution in [3.63, 3.8) is 0 Å². The number of hydrogen-bond acceptors (Lipinski definition) is 6. The van der Waals surface area contributed by atoms with Gasteiger partial charge in [0.15, 0.2) is 5.78 Å². The van der Waals surface area contributed by atoms with Gasteiger partial charge in [0.2, 0.25) is 5.92 Å². The van der Waals surface area contributed by atoms with Crippen LogP contribution in [-0.2, 0) is 9.53 Å². The van der Waals surface area contributed by atoms with E-state index in [2.05, 4.69) is 5.32 Å². The summed E-state index contributed by atoms with van der Waals surface area (Å²) >= 11 is 0. The molecule has 7 heteroatoms. The van der Waals surface area contributed by atoms with Gasteiger partial charge in [0.25, 0.3) is 5.91 Å². The van der Waals surface area contributed by atoms with Crippen LogP contribution in [0.3, 0.4) is 0 Å². The zero-order chi connectivity index (χ0) is 19.8. The molecule has 0 radical (unpaired) electrons. The molecule has 1 amide bonds. The Kier molecular flexibility index (Phi) is 6.67. The summed E-state index contributed by atoms with van der Waals surface area (Å²) in [5.41, 5.74) is 1.05. The minimum atomic E-state index is -1.51. The van der Waals surface area contributed by atoms with E-state index in [0.717, 1.165) is 0 Å². The van der Waals surface area contributed by atoms with Gasteiger partial charge in [-0.15, -0.1) is 0 Å². The number of anilines is 1. The van der Waals surface area contributed by atoms with Gasteiger partial charge in [-0.3, -0.25) is 14.4 Å². The maximum absolute atomic E-state index is 12.3. The molecule has 1 N–H and O–H groups in total. The van der Waals surface area contributed by atoms with Gasteiger partial charge in [-0.25, -0.2) is 0 Å². The van der Waals surface area contributed by atoms with E-state index in [-0.39, 0.29) is 18.1 Å². The summed E-state index contributed by atoms with van der Waals surface area (Å²) in [6, 6.07) is 14.2. The van der Waals surface area contributed by atoms with Crippen LogP contribution in [0, 0.1) is 17.2 Å². The molecule has 0 aliphatic carbocycles. The first-order valence-electron chi connectivity index (χ1n) is 8.16. The summed E-state index contributed by atoms with van der Waals surface area (Å²) in [6.45, 7) is 1.68. The summed E-state index contributed by atoms with van der Waals surface area (Å²) in [6.07, 6.45) is 0. The lowest BCUT2D eigenvalue weighted by Gasteiger charge is -2.09. The zero-order valence-corrected chi connectivity index (χ0v) is 14.9. The number of carbonyl (C=O) groups excluding carboxylic acids is 3. The smallest absolute Gasteiger partial charge is 0.331 e. The number of nitriles is 1. The number of methoxy groups -OCH3 is 1. The molecule has 0 bridgehead atoms. The number of nitrogens with one attached hydrogen (secondary N) is 1. The van der Waals surface area contributed by atoms with Crippen LogP contribution in [0.4, 0.5) is 5.69 Å². The molecule has 138 valence electrons. The van der Waals surface area contributed by atoms with Gasteiger partial charge in [0.1, 0.15) is 5.75 Å². The van der Waals surface area contributed by atoms with Crippen LogP contribution < -0.4 is 10.1 Å². The Morgan fingerprint density at radius 1 is 1.11 bits per heavy atom. The van der Waals surface area contributed by atoms with Gasteiger partial charge in [-0.1, -0.05) is 6.07 Å². The highest BCUT2D eigenvalue weighted by atomic mass is 16.5. The van der Waals surface area contributed by atoms with Crippen molar-refractivity contribution in [2.24, 2.45) is 5.92 Å². The fraction of sp³-hybridized carbons (Fsp3) is 0.200. The van der Waals surface area contributed by atoms with Crippen molar-refractivity contribution in [2.45, 2.75) is 6.92 Å². The Labute approximate surface area is 156 Å². The number of ether oxygens (including phenoxy) is 2. The second kappa shape index (κ2) is 9.15. The number of amides is 1. The van der Waals surface area contributed by atoms with Crippen molar-refractivity contribution in [1.29, 1.82) is 5.26 Å². The van der Waals surface area contributed by atoms with Crippen LogP contribution in [0.2, 0.25) is 0 Å². The molecule has 27 heavy (non-hydrogen) atoms. The highest BCUT2D eigenvalue weighted by Gasteiger charge is 2.28. The molecule has 0 unspecified atom stereocenters. The highest BCUT2D eigenvalue weighted by molar-refractivity contribution is 6.11. The lowest BCUT2D eigenvalue weighted by atomic mass is 9.99. The number of esters is 1. The maximum Gasteiger partial charge on any atom is 0.331 e. The molecule has 0 fully saturated rings. The van der Waals surface area contributed by atoms with Crippen LogP contribution in [0.25, 0.3) is 0 Å². The normalized spacial score (nSPS) is 11.0. The van der Waals surface area contributed by atoms with E-state index < -0.39 is 17.7 Å².